The maximum atomic E-state index is 13.2. The van der Waals surface area contributed by atoms with E-state index in [0.717, 1.165) is 22.6 Å². The van der Waals surface area contributed by atoms with E-state index < -0.39 is 0 Å². The second-order valence-electron chi connectivity index (χ2n) is 4.44. The van der Waals surface area contributed by atoms with Crippen LogP contribution in [0.2, 0.25) is 0 Å². The molecule has 5 heteroatoms. The lowest BCUT2D eigenvalue weighted by molar-refractivity contribution is 0.620. The van der Waals surface area contributed by atoms with Crippen LogP contribution < -0.4 is 5.73 Å². The van der Waals surface area contributed by atoms with Gasteiger partial charge in [-0.2, -0.15) is 0 Å². The molecule has 0 aliphatic carbocycles. The summed E-state index contributed by atoms with van der Waals surface area (Å²) < 4.78 is 13.7. The Morgan fingerprint density at radius 3 is 2.78 bits per heavy atom. The number of aromatic nitrogens is 1. The van der Waals surface area contributed by atoms with E-state index in [0.29, 0.717) is 15.5 Å². The van der Waals surface area contributed by atoms with Crippen LogP contribution in [0.5, 0.6) is 0 Å². The predicted molar refractivity (Wildman–Crippen MR) is 77.5 cm³/mol. The van der Waals surface area contributed by atoms with E-state index in [-0.39, 0.29) is 5.82 Å². The third-order valence-corrected chi connectivity index (χ3v) is 4.15. The van der Waals surface area contributed by atoms with E-state index in [4.69, 9.17) is 5.73 Å². The van der Waals surface area contributed by atoms with Gasteiger partial charge in [-0.15, -0.1) is 11.3 Å². The third-order valence-electron chi connectivity index (χ3n) is 2.64. The van der Waals surface area contributed by atoms with Crippen molar-refractivity contribution < 1.29 is 4.39 Å². The molecule has 2 rings (SSSR count). The van der Waals surface area contributed by atoms with Crippen LogP contribution in [0, 0.1) is 5.82 Å². The Labute approximate surface area is 118 Å². The van der Waals surface area contributed by atoms with Gasteiger partial charge in [0, 0.05) is 11.3 Å². The molecule has 0 radical (unpaired) electrons. The Kier molecular flexibility index (Phi) is 4.02. The van der Waals surface area contributed by atoms with Crippen molar-refractivity contribution in [1.29, 1.82) is 0 Å². The topological polar surface area (TPSA) is 38.9 Å². The smallest absolute Gasteiger partial charge is 0.180 e. The summed E-state index contributed by atoms with van der Waals surface area (Å²) in [5, 5.41) is 0.592. The molecule has 0 saturated heterocycles. The number of halogens is 2. The zero-order chi connectivity index (χ0) is 13.3. The van der Waals surface area contributed by atoms with Crippen LogP contribution in [0.4, 0.5) is 9.52 Å². The second-order valence-corrected chi connectivity index (χ2v) is 6.41. The van der Waals surface area contributed by atoms with Crippen molar-refractivity contribution in [1.82, 2.24) is 4.98 Å². The van der Waals surface area contributed by atoms with Gasteiger partial charge in [0.2, 0.25) is 0 Å². The number of nitrogens with zero attached hydrogens (tertiary/aromatic N) is 1. The van der Waals surface area contributed by atoms with Crippen LogP contribution in [0.25, 0.3) is 0 Å². The fraction of sp³-hybridized carbons (Fsp3) is 0.308. The van der Waals surface area contributed by atoms with Crippen LogP contribution >= 0.6 is 27.3 Å². The van der Waals surface area contributed by atoms with Crippen LogP contribution in [0.1, 0.15) is 35.9 Å². The highest BCUT2D eigenvalue weighted by Crippen LogP contribution is 2.29. The van der Waals surface area contributed by atoms with Gasteiger partial charge in [-0.25, -0.2) is 9.37 Å². The average molecular weight is 329 g/mol. The molecule has 18 heavy (non-hydrogen) atoms. The van der Waals surface area contributed by atoms with Crippen molar-refractivity contribution >= 4 is 32.4 Å². The maximum absolute atomic E-state index is 13.2. The summed E-state index contributed by atoms with van der Waals surface area (Å²) in [5.74, 6) is 0.101. The first-order valence-corrected chi connectivity index (χ1v) is 7.27. The van der Waals surface area contributed by atoms with Gasteiger partial charge >= 0.3 is 0 Å². The summed E-state index contributed by atoms with van der Waals surface area (Å²) in [6, 6.07) is 5.06. The van der Waals surface area contributed by atoms with Gasteiger partial charge in [0.05, 0.1) is 10.2 Å². The molecular weight excluding hydrogens is 315 g/mol. The van der Waals surface area contributed by atoms with Gasteiger partial charge in [-0.3, -0.25) is 0 Å². The van der Waals surface area contributed by atoms with Gasteiger partial charge in [-0.1, -0.05) is 19.9 Å². The molecule has 0 aliphatic heterocycles. The first-order valence-electron chi connectivity index (χ1n) is 5.66. The van der Waals surface area contributed by atoms with Crippen molar-refractivity contribution in [2.45, 2.75) is 26.2 Å². The highest BCUT2D eigenvalue weighted by Gasteiger charge is 2.13. The van der Waals surface area contributed by atoms with Gasteiger partial charge in [0.25, 0.3) is 0 Å². The van der Waals surface area contributed by atoms with Crippen molar-refractivity contribution in [3.63, 3.8) is 0 Å². The summed E-state index contributed by atoms with van der Waals surface area (Å²) >= 11 is 4.71. The van der Waals surface area contributed by atoms with Gasteiger partial charge < -0.3 is 5.73 Å². The standard InChI is InChI=1S/C13H14BrFN2S/c1-7(2)12-11(18-13(16)17-12)6-8-3-4-10(15)9(14)5-8/h3-5,7H,6H2,1-2H3,(H2,16,17). The van der Waals surface area contributed by atoms with E-state index in [1.807, 2.05) is 0 Å². The maximum Gasteiger partial charge on any atom is 0.180 e. The molecular formula is C13H14BrFN2S. The number of hydrogen-bond donors (Lipinski definition) is 1. The summed E-state index contributed by atoms with van der Waals surface area (Å²) in [5.41, 5.74) is 7.85. The molecule has 0 unspecified atom stereocenters. The molecule has 2 nitrogen and oxygen atoms in total. The molecule has 2 N–H and O–H groups in total. The number of anilines is 1. The predicted octanol–water partition coefficient (Wildman–Crippen LogP) is 4.34. The quantitative estimate of drug-likeness (QED) is 0.910. The van der Waals surface area contributed by atoms with Crippen LogP contribution in [-0.4, -0.2) is 4.98 Å². The molecule has 0 bridgehead atoms. The molecule has 0 atom stereocenters. The van der Waals surface area contributed by atoms with E-state index in [1.54, 1.807) is 12.1 Å². The Morgan fingerprint density at radius 1 is 1.44 bits per heavy atom. The fourth-order valence-electron chi connectivity index (χ4n) is 1.80. The highest BCUT2D eigenvalue weighted by molar-refractivity contribution is 9.10. The number of nitrogen functional groups attached to an aromatic ring is 1. The number of nitrogens with two attached hydrogens (primary N) is 1. The van der Waals surface area contributed by atoms with Crippen LogP contribution in [-0.2, 0) is 6.42 Å². The van der Waals surface area contributed by atoms with Crippen molar-refractivity contribution in [2.75, 3.05) is 5.73 Å². The van der Waals surface area contributed by atoms with Crippen molar-refractivity contribution in [3.05, 3.63) is 44.6 Å². The van der Waals surface area contributed by atoms with E-state index in [1.165, 1.54) is 17.4 Å². The zero-order valence-corrected chi connectivity index (χ0v) is 12.6. The SMILES string of the molecule is CC(C)c1nc(N)sc1Cc1ccc(F)c(Br)c1. The normalized spacial score (nSPS) is 11.2. The largest absolute Gasteiger partial charge is 0.375 e. The van der Waals surface area contributed by atoms with Gasteiger partial charge in [0.1, 0.15) is 5.82 Å². The zero-order valence-electron chi connectivity index (χ0n) is 10.2. The van der Waals surface area contributed by atoms with E-state index >= 15 is 0 Å². The molecule has 1 heterocycles. The highest BCUT2D eigenvalue weighted by atomic mass is 79.9. The molecule has 0 spiro atoms. The fourth-order valence-corrected chi connectivity index (χ4v) is 3.24. The molecule has 1 aromatic heterocycles. The Hall–Kier alpha value is -0.940. The van der Waals surface area contributed by atoms with Gasteiger partial charge in [-0.05, 0) is 39.5 Å². The minimum atomic E-state index is -0.244. The summed E-state index contributed by atoms with van der Waals surface area (Å²) in [6.07, 6.45) is 0.737. The van der Waals surface area contributed by atoms with Crippen LogP contribution in [0.15, 0.2) is 22.7 Å². The lowest BCUT2D eigenvalue weighted by atomic mass is 10.0. The first-order chi connectivity index (χ1) is 8.47. The Balaban J connectivity index is 2.30. The minimum Gasteiger partial charge on any atom is -0.375 e. The summed E-state index contributed by atoms with van der Waals surface area (Å²) in [7, 11) is 0. The molecule has 0 amide bonds. The van der Waals surface area contributed by atoms with Crippen molar-refractivity contribution in [2.24, 2.45) is 0 Å². The molecule has 2 aromatic rings. The summed E-state index contributed by atoms with van der Waals surface area (Å²) in [4.78, 5) is 5.51. The number of thiazole rings is 1. The monoisotopic (exact) mass is 328 g/mol. The minimum absolute atomic E-state index is 0.244. The molecule has 0 fully saturated rings. The van der Waals surface area contributed by atoms with Crippen molar-refractivity contribution in [3.8, 4) is 0 Å². The van der Waals surface area contributed by atoms with E-state index in [9.17, 15) is 4.39 Å². The first kappa shape index (κ1) is 13.5. The second kappa shape index (κ2) is 5.36. The molecule has 96 valence electrons. The lowest BCUT2D eigenvalue weighted by Crippen LogP contribution is -1.95. The van der Waals surface area contributed by atoms with Gasteiger partial charge in [0.15, 0.2) is 5.13 Å². The average Bonchev–Trinajstić information content (AvgIpc) is 2.65. The molecule has 1 aromatic carbocycles. The van der Waals surface area contributed by atoms with E-state index in [2.05, 4.69) is 34.8 Å². The Morgan fingerprint density at radius 2 is 2.17 bits per heavy atom. The number of benzene rings is 1. The molecule has 0 saturated carbocycles. The van der Waals surface area contributed by atoms with Crippen LogP contribution in [0.3, 0.4) is 0 Å². The number of rotatable bonds is 3. The summed E-state index contributed by atoms with van der Waals surface area (Å²) in [6.45, 7) is 4.19. The lowest BCUT2D eigenvalue weighted by Gasteiger charge is -2.06. The third kappa shape index (κ3) is 2.90. The Bertz CT molecular complexity index is 566. The number of hydrogen-bond acceptors (Lipinski definition) is 3. The molecule has 0 aliphatic rings.